The van der Waals surface area contributed by atoms with E-state index in [2.05, 4.69) is 15.3 Å². The summed E-state index contributed by atoms with van der Waals surface area (Å²) in [7, 11) is 0. The molecule has 2 aromatic rings. The number of rotatable bonds is 5. The van der Waals surface area contributed by atoms with E-state index in [1.807, 2.05) is 36.6 Å². The number of nitrogens with two attached hydrogens (primary N) is 1. The van der Waals surface area contributed by atoms with Crippen LogP contribution in [0.5, 0.6) is 0 Å². The van der Waals surface area contributed by atoms with Gasteiger partial charge in [0, 0.05) is 18.1 Å². The van der Waals surface area contributed by atoms with Crippen molar-refractivity contribution < 1.29 is 0 Å². The third-order valence-corrected chi connectivity index (χ3v) is 3.49. The SMILES string of the molecule is C/C=C(\C=C/CN)c1csc(Nc2ccc(Cl)cn2)n1. The fourth-order valence-electron chi connectivity index (χ4n) is 1.55. The van der Waals surface area contributed by atoms with E-state index in [-0.39, 0.29) is 0 Å². The first-order valence-electron chi connectivity index (χ1n) is 6.10. The lowest BCUT2D eigenvalue weighted by Crippen LogP contribution is -1.94. The lowest BCUT2D eigenvalue weighted by atomic mass is 10.2. The van der Waals surface area contributed by atoms with E-state index in [1.54, 1.807) is 12.3 Å². The number of anilines is 2. The number of hydrogen-bond donors (Lipinski definition) is 2. The molecule has 3 N–H and O–H groups in total. The zero-order valence-corrected chi connectivity index (χ0v) is 12.6. The van der Waals surface area contributed by atoms with Gasteiger partial charge in [-0.25, -0.2) is 9.97 Å². The molecule has 0 radical (unpaired) electrons. The Kier molecular flexibility index (Phi) is 5.29. The summed E-state index contributed by atoms with van der Waals surface area (Å²) in [4.78, 5) is 8.70. The monoisotopic (exact) mass is 306 g/mol. The predicted octanol–water partition coefficient (Wildman–Crippen LogP) is 3.85. The first kappa shape index (κ1) is 14.7. The predicted molar refractivity (Wildman–Crippen MR) is 86.5 cm³/mol. The highest BCUT2D eigenvalue weighted by Crippen LogP contribution is 2.24. The van der Waals surface area contributed by atoms with Gasteiger partial charge in [0.1, 0.15) is 5.82 Å². The van der Waals surface area contributed by atoms with Gasteiger partial charge in [0.2, 0.25) is 0 Å². The van der Waals surface area contributed by atoms with E-state index in [9.17, 15) is 0 Å². The molecule has 0 aromatic carbocycles. The molecule has 0 saturated carbocycles. The zero-order chi connectivity index (χ0) is 14.4. The molecule has 2 rings (SSSR count). The average molecular weight is 307 g/mol. The van der Waals surface area contributed by atoms with Crippen LogP contribution in [0.2, 0.25) is 5.02 Å². The third kappa shape index (κ3) is 3.90. The zero-order valence-electron chi connectivity index (χ0n) is 11.0. The summed E-state index contributed by atoms with van der Waals surface area (Å²) in [5.41, 5.74) is 7.43. The lowest BCUT2D eigenvalue weighted by molar-refractivity contribution is 1.25. The molecule has 2 heterocycles. The summed E-state index contributed by atoms with van der Waals surface area (Å²) in [5.74, 6) is 0.717. The highest BCUT2D eigenvalue weighted by molar-refractivity contribution is 7.13. The van der Waals surface area contributed by atoms with Gasteiger partial charge in [-0.05, 0) is 24.6 Å². The topological polar surface area (TPSA) is 63.8 Å². The van der Waals surface area contributed by atoms with E-state index < -0.39 is 0 Å². The minimum atomic E-state index is 0.515. The summed E-state index contributed by atoms with van der Waals surface area (Å²) in [6.07, 6.45) is 7.48. The van der Waals surface area contributed by atoms with E-state index in [4.69, 9.17) is 17.3 Å². The van der Waals surface area contributed by atoms with Crippen LogP contribution < -0.4 is 11.1 Å². The molecule has 0 aliphatic carbocycles. The number of nitrogens with zero attached hydrogens (tertiary/aromatic N) is 2. The van der Waals surface area contributed by atoms with Crippen LogP contribution in [0, 0.1) is 0 Å². The van der Waals surface area contributed by atoms with Gasteiger partial charge in [-0.2, -0.15) is 0 Å². The number of thiazole rings is 1. The quantitative estimate of drug-likeness (QED) is 0.823. The van der Waals surface area contributed by atoms with Crippen molar-refractivity contribution in [2.45, 2.75) is 6.92 Å². The van der Waals surface area contributed by atoms with Crippen LogP contribution >= 0.6 is 22.9 Å². The number of nitrogens with one attached hydrogen (secondary N) is 1. The van der Waals surface area contributed by atoms with Crippen molar-refractivity contribution >= 4 is 39.5 Å². The van der Waals surface area contributed by atoms with Crippen molar-refractivity contribution in [3.8, 4) is 0 Å². The summed E-state index contributed by atoms with van der Waals surface area (Å²) < 4.78 is 0. The Morgan fingerprint density at radius 1 is 1.50 bits per heavy atom. The minimum Gasteiger partial charge on any atom is -0.327 e. The Balaban J connectivity index is 2.12. The standard InChI is InChI=1S/C14H15ClN4S/c1-2-10(4-3-7-16)12-9-20-14(18-12)19-13-6-5-11(15)8-17-13/h2-6,8-9H,7,16H2,1H3,(H,17,18,19)/b4-3-,10-2+. The normalized spacial score (nSPS) is 12.1. The molecule has 4 nitrogen and oxygen atoms in total. The molecule has 6 heteroatoms. The van der Waals surface area contributed by atoms with Crippen LogP contribution in [0.25, 0.3) is 5.57 Å². The van der Waals surface area contributed by atoms with Crippen LogP contribution in [0.3, 0.4) is 0 Å². The van der Waals surface area contributed by atoms with Crippen molar-refractivity contribution in [3.05, 3.63) is 52.7 Å². The maximum absolute atomic E-state index is 5.80. The number of aromatic nitrogens is 2. The number of halogens is 1. The van der Waals surface area contributed by atoms with Crippen LogP contribution in [0.1, 0.15) is 12.6 Å². The smallest absolute Gasteiger partial charge is 0.188 e. The van der Waals surface area contributed by atoms with E-state index >= 15 is 0 Å². The Hall–Kier alpha value is -1.69. The van der Waals surface area contributed by atoms with Crippen molar-refractivity contribution in [2.75, 3.05) is 11.9 Å². The Morgan fingerprint density at radius 2 is 2.35 bits per heavy atom. The number of hydrogen-bond acceptors (Lipinski definition) is 5. The first-order chi connectivity index (χ1) is 9.72. The van der Waals surface area contributed by atoms with E-state index in [0.717, 1.165) is 22.2 Å². The second-order valence-corrected chi connectivity index (χ2v) is 5.20. The van der Waals surface area contributed by atoms with Crippen molar-refractivity contribution in [1.82, 2.24) is 9.97 Å². The third-order valence-electron chi connectivity index (χ3n) is 2.51. The molecule has 0 aliphatic rings. The minimum absolute atomic E-state index is 0.515. The van der Waals surface area contributed by atoms with Gasteiger partial charge in [-0.1, -0.05) is 29.8 Å². The molecular formula is C14H15ClN4S. The molecule has 104 valence electrons. The Morgan fingerprint density at radius 3 is 3.00 bits per heavy atom. The van der Waals surface area contributed by atoms with Crippen molar-refractivity contribution in [1.29, 1.82) is 0 Å². The van der Waals surface area contributed by atoms with Crippen molar-refractivity contribution in [3.63, 3.8) is 0 Å². The highest BCUT2D eigenvalue weighted by Gasteiger charge is 2.05. The van der Waals surface area contributed by atoms with Crippen LogP contribution in [0.15, 0.2) is 41.9 Å². The molecular weight excluding hydrogens is 292 g/mol. The Bertz CT molecular complexity index is 616. The van der Waals surface area contributed by atoms with Crippen LogP contribution in [-0.4, -0.2) is 16.5 Å². The van der Waals surface area contributed by atoms with Gasteiger partial charge >= 0.3 is 0 Å². The largest absolute Gasteiger partial charge is 0.327 e. The molecule has 0 bridgehead atoms. The van der Waals surface area contributed by atoms with E-state index in [1.165, 1.54) is 11.3 Å². The number of pyridine rings is 1. The molecule has 0 fully saturated rings. The fourth-order valence-corrected chi connectivity index (χ4v) is 2.39. The molecule has 0 spiro atoms. The van der Waals surface area contributed by atoms with Gasteiger partial charge in [0.25, 0.3) is 0 Å². The molecule has 2 aromatic heterocycles. The molecule has 0 amide bonds. The maximum Gasteiger partial charge on any atom is 0.188 e. The van der Waals surface area contributed by atoms with Gasteiger partial charge in [0.15, 0.2) is 5.13 Å². The highest BCUT2D eigenvalue weighted by atomic mass is 35.5. The number of allylic oxidation sites excluding steroid dienone is 3. The summed E-state index contributed by atoms with van der Waals surface area (Å²) in [6.45, 7) is 2.49. The van der Waals surface area contributed by atoms with Crippen molar-refractivity contribution in [2.24, 2.45) is 5.73 Å². The molecule has 0 atom stereocenters. The van der Waals surface area contributed by atoms with Crippen LogP contribution in [-0.2, 0) is 0 Å². The second kappa shape index (κ2) is 7.19. The van der Waals surface area contributed by atoms with Gasteiger partial charge in [-0.15, -0.1) is 11.3 Å². The summed E-state index contributed by atoms with van der Waals surface area (Å²) >= 11 is 7.32. The van der Waals surface area contributed by atoms with Gasteiger partial charge in [-0.3, -0.25) is 0 Å². The Labute approximate surface area is 127 Å². The van der Waals surface area contributed by atoms with Gasteiger partial charge < -0.3 is 11.1 Å². The average Bonchev–Trinajstić information content (AvgIpc) is 2.91. The first-order valence-corrected chi connectivity index (χ1v) is 7.36. The van der Waals surface area contributed by atoms with E-state index in [0.29, 0.717) is 11.6 Å². The summed E-state index contributed by atoms with van der Waals surface area (Å²) in [6, 6.07) is 3.60. The molecule has 20 heavy (non-hydrogen) atoms. The van der Waals surface area contributed by atoms with Gasteiger partial charge in [0.05, 0.1) is 10.7 Å². The molecule has 0 aliphatic heterocycles. The molecule has 0 unspecified atom stereocenters. The maximum atomic E-state index is 5.80. The lowest BCUT2D eigenvalue weighted by Gasteiger charge is -2.01. The second-order valence-electron chi connectivity index (χ2n) is 3.91. The fraction of sp³-hybridized carbons (Fsp3) is 0.143. The summed E-state index contributed by atoms with van der Waals surface area (Å²) in [5, 5.41) is 6.54. The van der Waals surface area contributed by atoms with Crippen LogP contribution in [0.4, 0.5) is 10.9 Å². The molecule has 0 saturated heterocycles.